The summed E-state index contributed by atoms with van der Waals surface area (Å²) in [5, 5.41) is 0. The highest BCUT2D eigenvalue weighted by atomic mass is 19.1. The van der Waals surface area contributed by atoms with Crippen LogP contribution in [0.2, 0.25) is 0 Å². The van der Waals surface area contributed by atoms with Gasteiger partial charge in [-0.3, -0.25) is 0 Å². The molecule has 3 nitrogen and oxygen atoms in total. The number of aryl methyl sites for hydroxylation is 1. The smallest absolute Gasteiger partial charge is 0.150 e. The Morgan fingerprint density at radius 1 is 1.65 bits per heavy atom. The van der Waals surface area contributed by atoms with Crippen molar-refractivity contribution in [2.45, 2.75) is 26.8 Å². The molecule has 17 heavy (non-hydrogen) atoms. The van der Waals surface area contributed by atoms with Gasteiger partial charge in [-0.2, -0.15) is 0 Å². The van der Waals surface area contributed by atoms with E-state index >= 15 is 0 Å². The fourth-order valence-electron chi connectivity index (χ4n) is 1.72. The molecule has 0 unspecified atom stereocenters. The highest BCUT2D eigenvalue weighted by Crippen LogP contribution is 2.30. The molecule has 1 aromatic rings. The van der Waals surface area contributed by atoms with Crippen LogP contribution in [-0.2, 0) is 11.3 Å². The largest absolute Gasteiger partial charge is 0.385 e. The van der Waals surface area contributed by atoms with E-state index in [9.17, 15) is 4.39 Å². The molecule has 0 aliphatic rings. The monoisotopic (exact) mass is 238 g/mol. The summed E-state index contributed by atoms with van der Waals surface area (Å²) in [5.74, 6) is 0.365. The van der Waals surface area contributed by atoms with E-state index in [1.807, 2.05) is 6.92 Å². The van der Waals surface area contributed by atoms with Gasteiger partial charge in [0.05, 0.1) is 5.56 Å². The number of halogens is 1. The van der Waals surface area contributed by atoms with Gasteiger partial charge in [0.2, 0.25) is 0 Å². The Kier molecular flexibility index (Phi) is 5.10. The lowest BCUT2D eigenvalue weighted by molar-refractivity contribution is 0.190. The Hall–Kier alpha value is -1.42. The molecule has 0 radical (unpaired) electrons. The van der Waals surface area contributed by atoms with Gasteiger partial charge in [-0.05, 0) is 25.8 Å². The predicted molar refractivity (Wildman–Crippen MR) is 69.4 cm³/mol. The molecule has 1 rings (SSSR count). The van der Waals surface area contributed by atoms with Crippen molar-refractivity contribution < 1.29 is 9.13 Å². The lowest BCUT2D eigenvalue weighted by atomic mass is 10.1. The third-order valence-corrected chi connectivity index (χ3v) is 2.43. The normalized spacial score (nSPS) is 11.3. The van der Waals surface area contributed by atoms with Crippen molar-refractivity contribution >= 4 is 17.6 Å². The van der Waals surface area contributed by atoms with Gasteiger partial charge in [-0.25, -0.2) is 9.38 Å². The van der Waals surface area contributed by atoms with E-state index in [-0.39, 0.29) is 5.82 Å². The number of ether oxygens (including phenoxy) is 1. The number of hydrogen-bond donors (Lipinski definition) is 0. The van der Waals surface area contributed by atoms with E-state index in [0.29, 0.717) is 30.1 Å². The molecule has 0 aliphatic heterocycles. The highest BCUT2D eigenvalue weighted by Gasteiger charge is 2.15. The molecule has 0 atom stereocenters. The second kappa shape index (κ2) is 6.35. The minimum absolute atomic E-state index is 0.268. The average Bonchev–Trinajstić information content (AvgIpc) is 2.56. The minimum atomic E-state index is -0.268. The van der Waals surface area contributed by atoms with Gasteiger partial charge >= 0.3 is 0 Å². The van der Waals surface area contributed by atoms with Crippen LogP contribution in [0.4, 0.5) is 10.2 Å². The summed E-state index contributed by atoms with van der Waals surface area (Å²) < 4.78 is 20.6. The summed E-state index contributed by atoms with van der Waals surface area (Å²) in [5.41, 5.74) is 1.19. The van der Waals surface area contributed by atoms with E-state index in [1.165, 1.54) is 6.20 Å². The highest BCUT2D eigenvalue weighted by molar-refractivity contribution is 5.74. The van der Waals surface area contributed by atoms with Crippen molar-refractivity contribution in [2.24, 2.45) is 4.99 Å². The van der Waals surface area contributed by atoms with Crippen molar-refractivity contribution in [3.63, 3.8) is 0 Å². The summed E-state index contributed by atoms with van der Waals surface area (Å²) >= 11 is 0. The average molecular weight is 238 g/mol. The van der Waals surface area contributed by atoms with E-state index in [1.54, 1.807) is 24.8 Å². The number of methoxy groups -OCH3 is 1. The van der Waals surface area contributed by atoms with E-state index in [0.717, 1.165) is 6.42 Å². The molecule has 0 saturated heterocycles. The molecule has 0 saturated carbocycles. The Morgan fingerprint density at radius 2 is 2.35 bits per heavy atom. The van der Waals surface area contributed by atoms with Crippen molar-refractivity contribution in [3.05, 3.63) is 24.2 Å². The second-order valence-electron chi connectivity index (χ2n) is 3.88. The Morgan fingerprint density at radius 3 is 2.88 bits per heavy atom. The van der Waals surface area contributed by atoms with Crippen molar-refractivity contribution in [3.8, 4) is 0 Å². The maximum Gasteiger partial charge on any atom is 0.150 e. The molecule has 0 N–H and O–H groups in total. The quantitative estimate of drug-likeness (QED) is 0.551. The molecule has 0 fully saturated rings. The van der Waals surface area contributed by atoms with E-state index in [4.69, 9.17) is 4.74 Å². The van der Waals surface area contributed by atoms with Gasteiger partial charge in [0, 0.05) is 32.7 Å². The molecule has 0 spiro atoms. The predicted octanol–water partition coefficient (Wildman–Crippen LogP) is 3.42. The molecular weight excluding hydrogens is 219 g/mol. The van der Waals surface area contributed by atoms with Crippen molar-refractivity contribution in [2.75, 3.05) is 13.7 Å². The maximum absolute atomic E-state index is 13.8. The molecule has 0 aromatic carbocycles. The zero-order valence-electron chi connectivity index (χ0n) is 10.7. The second-order valence-corrected chi connectivity index (χ2v) is 3.88. The SMILES string of the molecule is C=C(C)c1c(F)cn(CCCOC)c1/N=C\C. The maximum atomic E-state index is 13.8. The molecule has 0 amide bonds. The molecule has 1 aromatic heterocycles. The molecule has 4 heteroatoms. The Labute approximate surface area is 102 Å². The van der Waals surface area contributed by atoms with Crippen LogP contribution in [0.15, 0.2) is 17.8 Å². The molecular formula is C13H19FN2O. The molecule has 0 bridgehead atoms. The zero-order chi connectivity index (χ0) is 12.8. The number of aromatic nitrogens is 1. The topological polar surface area (TPSA) is 26.5 Å². The van der Waals surface area contributed by atoms with Gasteiger partial charge in [-0.15, -0.1) is 0 Å². The molecule has 1 heterocycles. The van der Waals surface area contributed by atoms with Crippen LogP contribution in [-0.4, -0.2) is 24.5 Å². The number of allylic oxidation sites excluding steroid dienone is 1. The van der Waals surface area contributed by atoms with E-state index < -0.39 is 0 Å². The van der Waals surface area contributed by atoms with Gasteiger partial charge in [-0.1, -0.05) is 6.58 Å². The summed E-state index contributed by atoms with van der Waals surface area (Å²) in [6.45, 7) is 8.72. The van der Waals surface area contributed by atoms with Gasteiger partial charge < -0.3 is 9.30 Å². The van der Waals surface area contributed by atoms with Crippen molar-refractivity contribution in [1.29, 1.82) is 0 Å². The fraction of sp³-hybridized carbons (Fsp3) is 0.462. The number of nitrogens with zero attached hydrogens (tertiary/aromatic N) is 2. The molecule has 0 aliphatic carbocycles. The lowest BCUT2D eigenvalue weighted by Crippen LogP contribution is -2.00. The first kappa shape index (κ1) is 13.6. The summed E-state index contributed by atoms with van der Waals surface area (Å²) in [6, 6.07) is 0. The summed E-state index contributed by atoms with van der Waals surface area (Å²) in [6.07, 6.45) is 3.96. The van der Waals surface area contributed by atoms with Gasteiger partial charge in [0.15, 0.2) is 5.82 Å². The first-order valence-corrected chi connectivity index (χ1v) is 5.64. The van der Waals surface area contributed by atoms with Crippen LogP contribution in [0.3, 0.4) is 0 Å². The van der Waals surface area contributed by atoms with E-state index in [2.05, 4.69) is 11.6 Å². The van der Waals surface area contributed by atoms with Crippen LogP contribution in [0, 0.1) is 5.82 Å². The van der Waals surface area contributed by atoms with Crippen molar-refractivity contribution in [1.82, 2.24) is 4.57 Å². The van der Waals surface area contributed by atoms with Crippen LogP contribution < -0.4 is 0 Å². The first-order chi connectivity index (χ1) is 8.11. The third-order valence-electron chi connectivity index (χ3n) is 2.43. The van der Waals surface area contributed by atoms with Crippen LogP contribution >= 0.6 is 0 Å². The summed E-state index contributed by atoms with van der Waals surface area (Å²) in [7, 11) is 1.65. The standard InChI is InChI=1S/C13H19FN2O/c1-5-15-13-12(10(2)3)11(14)9-16(13)7-6-8-17-4/h5,9H,2,6-8H2,1,3-4H3/b15-5-. The first-order valence-electron chi connectivity index (χ1n) is 5.64. The minimum Gasteiger partial charge on any atom is -0.385 e. The number of aliphatic imine (C=N–C) groups is 1. The number of rotatable bonds is 6. The fourth-order valence-corrected chi connectivity index (χ4v) is 1.72. The lowest BCUT2D eigenvalue weighted by Gasteiger charge is -2.06. The van der Waals surface area contributed by atoms with Gasteiger partial charge in [0.1, 0.15) is 5.82 Å². The Bertz CT molecular complexity index is 421. The summed E-state index contributed by atoms with van der Waals surface area (Å²) in [4.78, 5) is 4.22. The van der Waals surface area contributed by atoms with Crippen LogP contribution in [0.1, 0.15) is 25.8 Å². The zero-order valence-corrected chi connectivity index (χ0v) is 10.7. The van der Waals surface area contributed by atoms with Crippen LogP contribution in [0.25, 0.3) is 5.57 Å². The number of hydrogen-bond acceptors (Lipinski definition) is 2. The van der Waals surface area contributed by atoms with Gasteiger partial charge in [0.25, 0.3) is 0 Å². The van der Waals surface area contributed by atoms with Crippen LogP contribution in [0.5, 0.6) is 0 Å². The molecule has 94 valence electrons. The Balaban J connectivity index is 3.04. The third kappa shape index (κ3) is 3.27.